The fourth-order valence-corrected chi connectivity index (χ4v) is 5.30. The van der Waals surface area contributed by atoms with Crippen LogP contribution in [0.3, 0.4) is 0 Å². The molecule has 0 spiro atoms. The number of piperidine rings is 1. The number of primary amides is 1. The summed E-state index contributed by atoms with van der Waals surface area (Å²) in [6.07, 6.45) is -2.20. The SMILES string of the molecule is C[C@@H](Oc1cc(-n2cnc3cc(OC(F)(F)F)ccc32)cc(C(N)=O)c1S)c1cccc(OC2CCNCC2)c1Cl. The number of amides is 1. The predicted molar refractivity (Wildman–Crippen MR) is 151 cm³/mol. The van der Waals surface area contributed by atoms with E-state index in [2.05, 4.69) is 27.7 Å². The van der Waals surface area contributed by atoms with Crippen LogP contribution in [0, 0.1) is 0 Å². The van der Waals surface area contributed by atoms with E-state index in [0.29, 0.717) is 27.5 Å². The molecule has 1 saturated heterocycles. The third kappa shape index (κ3) is 6.50. The van der Waals surface area contributed by atoms with Crippen LogP contribution in [0.1, 0.15) is 41.8 Å². The van der Waals surface area contributed by atoms with E-state index in [1.165, 1.54) is 30.6 Å². The number of thiol groups is 1. The summed E-state index contributed by atoms with van der Waals surface area (Å²) in [5.74, 6) is -0.343. The van der Waals surface area contributed by atoms with Crippen molar-refractivity contribution in [3.05, 3.63) is 71.0 Å². The molecule has 3 aromatic carbocycles. The summed E-state index contributed by atoms with van der Waals surface area (Å²) < 4.78 is 56.0. The van der Waals surface area contributed by atoms with Gasteiger partial charge in [0.25, 0.3) is 0 Å². The number of fused-ring (bicyclic) bond motifs is 1. The minimum atomic E-state index is -4.83. The first-order chi connectivity index (χ1) is 19.5. The third-order valence-electron chi connectivity index (χ3n) is 6.67. The fraction of sp³-hybridized carbons (Fsp3) is 0.286. The molecule has 0 unspecified atom stereocenters. The maximum absolute atomic E-state index is 12.7. The van der Waals surface area contributed by atoms with Crippen molar-refractivity contribution in [1.82, 2.24) is 14.9 Å². The highest BCUT2D eigenvalue weighted by Crippen LogP contribution is 2.38. The summed E-state index contributed by atoms with van der Waals surface area (Å²) in [5.41, 5.74) is 7.53. The van der Waals surface area contributed by atoms with E-state index in [-0.39, 0.29) is 27.8 Å². The number of carbonyl (C=O) groups is 1. The average Bonchev–Trinajstić information content (AvgIpc) is 3.33. The van der Waals surface area contributed by atoms with Crippen molar-refractivity contribution >= 4 is 41.2 Å². The van der Waals surface area contributed by atoms with Gasteiger partial charge in [-0.15, -0.1) is 25.8 Å². The molecular weight excluding hydrogens is 581 g/mol. The molecule has 1 aromatic heterocycles. The van der Waals surface area contributed by atoms with E-state index < -0.39 is 24.1 Å². The lowest BCUT2D eigenvalue weighted by atomic mass is 10.1. The van der Waals surface area contributed by atoms with E-state index >= 15 is 0 Å². The number of alkyl halides is 3. The molecule has 1 aliphatic rings. The maximum atomic E-state index is 12.7. The number of hydrogen-bond donors (Lipinski definition) is 3. The maximum Gasteiger partial charge on any atom is 0.573 e. The smallest absolute Gasteiger partial charge is 0.489 e. The minimum Gasteiger partial charge on any atom is -0.489 e. The quantitative estimate of drug-likeness (QED) is 0.206. The molecule has 0 bridgehead atoms. The molecule has 1 atom stereocenters. The van der Waals surface area contributed by atoms with Gasteiger partial charge in [0.2, 0.25) is 5.91 Å². The molecular formula is C28H26ClF3N4O4S. The van der Waals surface area contributed by atoms with Crippen LogP contribution in [-0.4, -0.2) is 41.0 Å². The number of halogens is 4. The first-order valence-electron chi connectivity index (χ1n) is 12.7. The topological polar surface area (TPSA) is 101 Å². The Morgan fingerprint density at radius 1 is 1.17 bits per heavy atom. The first kappa shape index (κ1) is 28.9. The third-order valence-corrected chi connectivity index (χ3v) is 7.54. The Balaban J connectivity index is 1.46. The molecule has 13 heteroatoms. The first-order valence-corrected chi connectivity index (χ1v) is 13.5. The second kappa shape index (κ2) is 11.7. The fourth-order valence-electron chi connectivity index (χ4n) is 4.68. The van der Waals surface area contributed by atoms with Gasteiger partial charge in [0.15, 0.2) is 0 Å². The number of ether oxygens (including phenoxy) is 3. The largest absolute Gasteiger partial charge is 0.573 e. The van der Waals surface area contributed by atoms with Gasteiger partial charge < -0.3 is 25.3 Å². The van der Waals surface area contributed by atoms with Gasteiger partial charge in [0.1, 0.15) is 35.8 Å². The Bertz CT molecular complexity index is 1590. The summed E-state index contributed by atoms with van der Waals surface area (Å²) in [5, 5.41) is 3.72. The second-order valence-electron chi connectivity index (χ2n) is 9.50. The van der Waals surface area contributed by atoms with E-state index in [4.69, 9.17) is 26.8 Å². The Labute approximate surface area is 243 Å². The Kier molecular flexibility index (Phi) is 8.25. The second-order valence-corrected chi connectivity index (χ2v) is 10.3. The van der Waals surface area contributed by atoms with Crippen LogP contribution >= 0.6 is 24.2 Å². The number of benzene rings is 3. The average molecular weight is 607 g/mol. The Morgan fingerprint density at radius 3 is 2.63 bits per heavy atom. The van der Waals surface area contributed by atoms with Crippen molar-refractivity contribution in [2.75, 3.05) is 13.1 Å². The van der Waals surface area contributed by atoms with Crippen molar-refractivity contribution in [2.45, 2.75) is 43.2 Å². The standard InChI is InChI=1S/C28H26ClF3N4O4S/c1-15(19-3-2-4-23(25(19)29)39-17-7-9-34-10-8-17)38-24-12-16(11-20(26(24)41)27(33)37)36-14-35-21-13-18(5-6-22(21)36)40-28(30,31)32/h2-6,11-15,17,34,41H,7-10H2,1H3,(H2,33,37)/t15-/m1/s1. The number of rotatable bonds is 8. The zero-order valence-electron chi connectivity index (χ0n) is 21.7. The number of nitrogens with two attached hydrogens (primary N) is 1. The molecule has 4 aromatic rings. The van der Waals surface area contributed by atoms with Gasteiger partial charge in [0.05, 0.1) is 32.2 Å². The van der Waals surface area contributed by atoms with E-state index in [0.717, 1.165) is 25.9 Å². The van der Waals surface area contributed by atoms with Gasteiger partial charge in [-0.2, -0.15) is 0 Å². The molecule has 216 valence electrons. The highest BCUT2D eigenvalue weighted by atomic mass is 35.5. The molecule has 1 amide bonds. The van der Waals surface area contributed by atoms with Gasteiger partial charge in [0, 0.05) is 17.7 Å². The molecule has 5 rings (SSSR count). The highest BCUT2D eigenvalue weighted by Gasteiger charge is 2.31. The number of imidazole rings is 1. The van der Waals surface area contributed by atoms with Crippen LogP contribution in [0.25, 0.3) is 16.7 Å². The minimum absolute atomic E-state index is 0.0557. The van der Waals surface area contributed by atoms with Crippen LogP contribution in [0.2, 0.25) is 5.02 Å². The molecule has 0 radical (unpaired) electrons. The zero-order valence-corrected chi connectivity index (χ0v) is 23.4. The summed E-state index contributed by atoms with van der Waals surface area (Å²) >= 11 is 11.2. The molecule has 1 fully saturated rings. The lowest BCUT2D eigenvalue weighted by Gasteiger charge is -2.25. The number of carbonyl (C=O) groups excluding carboxylic acids is 1. The van der Waals surface area contributed by atoms with Crippen molar-refractivity contribution in [2.24, 2.45) is 5.73 Å². The number of aromatic nitrogens is 2. The molecule has 0 aliphatic carbocycles. The van der Waals surface area contributed by atoms with Crippen molar-refractivity contribution in [3.8, 4) is 22.9 Å². The van der Waals surface area contributed by atoms with E-state index in [1.807, 2.05) is 18.2 Å². The highest BCUT2D eigenvalue weighted by molar-refractivity contribution is 7.80. The van der Waals surface area contributed by atoms with Crippen LogP contribution in [0.15, 0.2) is 59.8 Å². The zero-order chi connectivity index (χ0) is 29.3. The Morgan fingerprint density at radius 2 is 1.93 bits per heavy atom. The molecule has 1 aliphatic heterocycles. The monoisotopic (exact) mass is 606 g/mol. The van der Waals surface area contributed by atoms with Crippen molar-refractivity contribution in [1.29, 1.82) is 0 Å². The number of nitrogens with one attached hydrogen (secondary N) is 1. The molecule has 41 heavy (non-hydrogen) atoms. The molecule has 2 heterocycles. The van der Waals surface area contributed by atoms with Crippen LogP contribution in [0.4, 0.5) is 13.2 Å². The predicted octanol–water partition coefficient (Wildman–Crippen LogP) is 6.24. The summed E-state index contributed by atoms with van der Waals surface area (Å²) in [6, 6.07) is 12.4. The van der Waals surface area contributed by atoms with Crippen molar-refractivity contribution in [3.63, 3.8) is 0 Å². The van der Waals surface area contributed by atoms with Crippen LogP contribution in [-0.2, 0) is 0 Å². The lowest BCUT2D eigenvalue weighted by molar-refractivity contribution is -0.274. The Hall–Kier alpha value is -3.61. The summed E-state index contributed by atoms with van der Waals surface area (Å²) in [7, 11) is 0. The lowest BCUT2D eigenvalue weighted by Crippen LogP contribution is -2.34. The van der Waals surface area contributed by atoms with Gasteiger partial charge in [-0.05, 0) is 57.1 Å². The number of hydrogen-bond acceptors (Lipinski definition) is 7. The van der Waals surface area contributed by atoms with Crippen LogP contribution in [0.5, 0.6) is 17.2 Å². The van der Waals surface area contributed by atoms with Crippen LogP contribution < -0.4 is 25.3 Å². The normalized spacial score (nSPS) is 15.1. The van der Waals surface area contributed by atoms with Gasteiger partial charge in [-0.3, -0.25) is 9.36 Å². The van der Waals surface area contributed by atoms with Gasteiger partial charge in [-0.25, -0.2) is 4.98 Å². The van der Waals surface area contributed by atoms with E-state index in [1.54, 1.807) is 17.6 Å². The summed E-state index contributed by atoms with van der Waals surface area (Å²) in [4.78, 5) is 16.7. The number of nitrogens with zero attached hydrogens (tertiary/aromatic N) is 2. The van der Waals surface area contributed by atoms with Gasteiger partial charge >= 0.3 is 6.36 Å². The van der Waals surface area contributed by atoms with Gasteiger partial charge in [-0.1, -0.05) is 23.7 Å². The summed E-state index contributed by atoms with van der Waals surface area (Å²) in [6.45, 7) is 3.55. The molecule has 3 N–H and O–H groups in total. The van der Waals surface area contributed by atoms with E-state index in [9.17, 15) is 18.0 Å². The molecule has 8 nitrogen and oxygen atoms in total. The van der Waals surface area contributed by atoms with Crippen molar-refractivity contribution < 1.29 is 32.2 Å². The molecule has 0 saturated carbocycles.